The van der Waals surface area contributed by atoms with E-state index in [4.69, 9.17) is 27.9 Å². The summed E-state index contributed by atoms with van der Waals surface area (Å²) in [5.41, 5.74) is 1.69. The molecule has 0 aromatic heterocycles. The smallest absolute Gasteiger partial charge is 0.261 e. The van der Waals surface area contributed by atoms with Crippen molar-refractivity contribution in [2.75, 3.05) is 6.61 Å². The molecular formula is C29H38Cl2N2O3. The maximum Gasteiger partial charge on any atom is 0.261 e. The molecular weight excluding hydrogens is 495 g/mol. The summed E-state index contributed by atoms with van der Waals surface area (Å²) in [5.74, 6) is 0.302. The zero-order valence-electron chi connectivity index (χ0n) is 21.8. The number of carbonyl (C=O) groups excluding carboxylic acids is 2. The van der Waals surface area contributed by atoms with E-state index in [1.165, 1.54) is 6.42 Å². The van der Waals surface area contributed by atoms with Crippen LogP contribution in [-0.4, -0.2) is 35.4 Å². The molecule has 1 fully saturated rings. The standard InChI is InChI=1S/C29H38Cl2N2O3/c1-5-25(28(35)32-21-11-7-6-8-12-21)33(18-20-15-16-23(30)24(31)17-20)27(34)19-36-26-14-10-9-13-22(26)29(2,3)4/h9-10,13-17,21,25H,5-8,11-12,18-19H2,1-4H3,(H,32,35)/t25-/m1/s1. The molecule has 196 valence electrons. The van der Waals surface area contributed by atoms with E-state index in [2.05, 4.69) is 26.1 Å². The van der Waals surface area contributed by atoms with Gasteiger partial charge in [-0.2, -0.15) is 0 Å². The Morgan fingerprint density at radius 2 is 1.75 bits per heavy atom. The Labute approximate surface area is 225 Å². The predicted octanol–water partition coefficient (Wildman–Crippen LogP) is 6.93. The van der Waals surface area contributed by atoms with Crippen LogP contribution in [-0.2, 0) is 21.5 Å². The number of nitrogens with one attached hydrogen (secondary N) is 1. The number of para-hydroxylation sites is 1. The second-order valence-electron chi connectivity index (χ2n) is 10.6. The average Bonchev–Trinajstić information content (AvgIpc) is 2.84. The van der Waals surface area contributed by atoms with Gasteiger partial charge in [-0.1, -0.05) is 94.4 Å². The van der Waals surface area contributed by atoms with Gasteiger partial charge in [0.1, 0.15) is 11.8 Å². The summed E-state index contributed by atoms with van der Waals surface area (Å²) in [6, 6.07) is 12.6. The molecule has 7 heteroatoms. The molecule has 2 aromatic carbocycles. The third-order valence-electron chi connectivity index (χ3n) is 6.72. The molecule has 2 aromatic rings. The number of amides is 2. The highest BCUT2D eigenvalue weighted by Crippen LogP contribution is 2.31. The first-order valence-corrected chi connectivity index (χ1v) is 13.6. The zero-order valence-corrected chi connectivity index (χ0v) is 23.3. The Balaban J connectivity index is 1.82. The summed E-state index contributed by atoms with van der Waals surface area (Å²) >= 11 is 12.3. The highest BCUT2D eigenvalue weighted by atomic mass is 35.5. The highest BCUT2D eigenvalue weighted by Gasteiger charge is 2.31. The summed E-state index contributed by atoms with van der Waals surface area (Å²) in [7, 11) is 0. The van der Waals surface area contributed by atoms with E-state index in [0.29, 0.717) is 22.2 Å². The topological polar surface area (TPSA) is 58.6 Å². The van der Waals surface area contributed by atoms with Gasteiger partial charge in [-0.15, -0.1) is 0 Å². The van der Waals surface area contributed by atoms with Crippen molar-refractivity contribution >= 4 is 35.0 Å². The van der Waals surface area contributed by atoms with Crippen LogP contribution < -0.4 is 10.1 Å². The number of nitrogens with zero attached hydrogens (tertiary/aromatic N) is 1. The van der Waals surface area contributed by atoms with Crippen LogP contribution in [0.15, 0.2) is 42.5 Å². The van der Waals surface area contributed by atoms with Crippen LogP contribution in [0.1, 0.15) is 77.3 Å². The zero-order chi connectivity index (χ0) is 26.3. The quantitative estimate of drug-likeness (QED) is 0.381. The van der Waals surface area contributed by atoms with Crippen molar-refractivity contribution in [1.29, 1.82) is 0 Å². The lowest BCUT2D eigenvalue weighted by Gasteiger charge is -2.33. The molecule has 1 N–H and O–H groups in total. The van der Waals surface area contributed by atoms with Gasteiger partial charge in [0, 0.05) is 12.6 Å². The van der Waals surface area contributed by atoms with Gasteiger partial charge in [0.2, 0.25) is 5.91 Å². The normalized spacial score (nSPS) is 15.3. The van der Waals surface area contributed by atoms with Gasteiger partial charge in [0.15, 0.2) is 6.61 Å². The van der Waals surface area contributed by atoms with E-state index in [0.717, 1.165) is 36.8 Å². The van der Waals surface area contributed by atoms with Gasteiger partial charge in [-0.05, 0) is 54.0 Å². The summed E-state index contributed by atoms with van der Waals surface area (Å²) < 4.78 is 6.04. The fourth-order valence-electron chi connectivity index (χ4n) is 4.73. The molecule has 3 rings (SSSR count). The lowest BCUT2D eigenvalue weighted by molar-refractivity contribution is -0.143. The lowest BCUT2D eigenvalue weighted by Crippen LogP contribution is -2.52. The van der Waals surface area contributed by atoms with Gasteiger partial charge in [-0.25, -0.2) is 0 Å². The predicted molar refractivity (Wildman–Crippen MR) is 147 cm³/mol. The Bertz CT molecular complexity index is 1050. The first-order chi connectivity index (χ1) is 17.1. The maximum atomic E-state index is 13.6. The molecule has 0 spiro atoms. The van der Waals surface area contributed by atoms with Crippen LogP contribution in [0.25, 0.3) is 0 Å². The van der Waals surface area contributed by atoms with Crippen molar-refractivity contribution in [3.63, 3.8) is 0 Å². The van der Waals surface area contributed by atoms with Crippen LogP contribution in [0.3, 0.4) is 0 Å². The molecule has 0 heterocycles. The number of benzene rings is 2. The number of carbonyl (C=O) groups is 2. The van der Waals surface area contributed by atoms with Gasteiger partial charge < -0.3 is 15.0 Å². The summed E-state index contributed by atoms with van der Waals surface area (Å²) in [4.78, 5) is 28.6. The molecule has 5 nitrogen and oxygen atoms in total. The Morgan fingerprint density at radius 3 is 2.39 bits per heavy atom. The van der Waals surface area contributed by atoms with Crippen molar-refractivity contribution in [3.05, 3.63) is 63.6 Å². The van der Waals surface area contributed by atoms with Crippen molar-refractivity contribution in [2.45, 2.75) is 90.3 Å². The number of halogens is 2. The third-order valence-corrected chi connectivity index (χ3v) is 7.46. The van der Waals surface area contributed by atoms with Crippen LogP contribution in [0, 0.1) is 0 Å². The van der Waals surface area contributed by atoms with Crippen molar-refractivity contribution in [3.8, 4) is 5.75 Å². The molecule has 36 heavy (non-hydrogen) atoms. The molecule has 0 saturated heterocycles. The summed E-state index contributed by atoms with van der Waals surface area (Å²) in [5, 5.41) is 4.05. The van der Waals surface area contributed by atoms with Crippen molar-refractivity contribution in [2.24, 2.45) is 0 Å². The van der Waals surface area contributed by atoms with E-state index >= 15 is 0 Å². The van der Waals surface area contributed by atoms with E-state index < -0.39 is 6.04 Å². The fraction of sp³-hybridized carbons (Fsp3) is 0.517. The van der Waals surface area contributed by atoms with Crippen LogP contribution in [0.5, 0.6) is 5.75 Å². The summed E-state index contributed by atoms with van der Waals surface area (Å²) in [6.07, 6.45) is 5.90. The van der Waals surface area contributed by atoms with Crippen LogP contribution in [0.4, 0.5) is 0 Å². The summed E-state index contributed by atoms with van der Waals surface area (Å²) in [6.45, 7) is 8.32. The molecule has 1 aliphatic rings. The number of rotatable bonds is 9. The minimum atomic E-state index is -0.615. The lowest BCUT2D eigenvalue weighted by atomic mass is 9.86. The van der Waals surface area contributed by atoms with Gasteiger partial charge >= 0.3 is 0 Å². The van der Waals surface area contributed by atoms with Gasteiger partial charge in [0.05, 0.1) is 10.0 Å². The number of ether oxygens (including phenoxy) is 1. The molecule has 0 unspecified atom stereocenters. The van der Waals surface area contributed by atoms with E-state index in [1.807, 2.05) is 37.3 Å². The minimum absolute atomic E-state index is 0.118. The Hall–Kier alpha value is -2.24. The molecule has 2 amide bonds. The SMILES string of the molecule is CC[C@H](C(=O)NC1CCCCC1)N(Cc1ccc(Cl)c(Cl)c1)C(=O)COc1ccccc1C(C)(C)C. The third kappa shape index (κ3) is 7.63. The first-order valence-electron chi connectivity index (χ1n) is 12.9. The van der Waals surface area contributed by atoms with Crippen molar-refractivity contribution < 1.29 is 14.3 Å². The van der Waals surface area contributed by atoms with E-state index in [-0.39, 0.29) is 36.4 Å². The van der Waals surface area contributed by atoms with Gasteiger partial charge in [-0.3, -0.25) is 9.59 Å². The largest absolute Gasteiger partial charge is 0.483 e. The number of hydrogen-bond acceptors (Lipinski definition) is 3. The van der Waals surface area contributed by atoms with Crippen molar-refractivity contribution in [1.82, 2.24) is 10.2 Å². The van der Waals surface area contributed by atoms with Crippen LogP contribution >= 0.6 is 23.2 Å². The number of hydrogen-bond donors (Lipinski definition) is 1. The molecule has 0 bridgehead atoms. The molecule has 0 radical (unpaired) electrons. The Kier molecular flexibility index (Phi) is 10.1. The molecule has 0 aliphatic heterocycles. The minimum Gasteiger partial charge on any atom is -0.483 e. The molecule has 1 aliphatic carbocycles. The van der Waals surface area contributed by atoms with Crippen LogP contribution in [0.2, 0.25) is 10.0 Å². The Morgan fingerprint density at radius 1 is 1.06 bits per heavy atom. The molecule has 1 atom stereocenters. The second-order valence-corrected chi connectivity index (χ2v) is 11.4. The van der Waals surface area contributed by atoms with E-state index in [1.54, 1.807) is 17.0 Å². The molecule has 1 saturated carbocycles. The maximum absolute atomic E-state index is 13.6. The fourth-order valence-corrected chi connectivity index (χ4v) is 5.05. The highest BCUT2D eigenvalue weighted by molar-refractivity contribution is 6.42. The monoisotopic (exact) mass is 532 g/mol. The van der Waals surface area contributed by atoms with Gasteiger partial charge in [0.25, 0.3) is 5.91 Å². The van der Waals surface area contributed by atoms with E-state index in [9.17, 15) is 9.59 Å². The average molecular weight is 534 g/mol. The second kappa shape index (κ2) is 12.8. The first kappa shape index (κ1) is 28.3.